The van der Waals surface area contributed by atoms with Crippen molar-refractivity contribution in [2.45, 2.75) is 307 Å². The van der Waals surface area contributed by atoms with Gasteiger partial charge in [0.1, 0.15) is 30.5 Å². The molecule has 74 heavy (non-hydrogen) atoms. The predicted octanol–water partition coefficient (Wildman–Crippen LogP) is 15.4. The molecule has 1 aliphatic rings. The Morgan fingerprint density at radius 2 is 0.892 bits per heavy atom. The van der Waals surface area contributed by atoms with Gasteiger partial charge in [0.05, 0.1) is 19.8 Å². The van der Waals surface area contributed by atoms with Crippen LogP contribution in [0.3, 0.4) is 0 Å². The average Bonchev–Trinajstić information content (AvgIpc) is 3.38. The monoisotopic (exact) mass is 1070 g/mol. The van der Waals surface area contributed by atoms with Gasteiger partial charge >= 0.3 is 16.4 Å². The number of esters is 1. The molecule has 4 N–H and O–H groups in total. The van der Waals surface area contributed by atoms with Crippen LogP contribution in [0.15, 0.2) is 48.6 Å². The Labute approximate surface area is 453 Å². The molecule has 0 bridgehead atoms. The van der Waals surface area contributed by atoms with Gasteiger partial charge in [0.15, 0.2) is 6.29 Å². The SMILES string of the molecule is CCCCCCC/C=C\C/C=C\CCCCCCCCCCCCCCCCOCC(COC1OC(CO)C(O)C(OS(=O)(=O)O)C1O)OC(=O)CCCCCCCCCCC/C=C\C/C=C\CCCCCCC. The molecule has 0 aliphatic carbocycles. The normalized spacial score (nSPS) is 19.0. The van der Waals surface area contributed by atoms with Crippen LogP contribution in [0.4, 0.5) is 0 Å². The molecule has 0 spiro atoms. The van der Waals surface area contributed by atoms with Gasteiger partial charge in [-0.15, -0.1) is 0 Å². The number of rotatable bonds is 54. The Hall–Kier alpha value is -1.94. The topological polar surface area (TPSA) is 178 Å². The van der Waals surface area contributed by atoms with E-state index in [-0.39, 0.29) is 19.6 Å². The van der Waals surface area contributed by atoms with E-state index < -0.39 is 59.8 Å². The minimum absolute atomic E-state index is 0.0350. The second-order valence-corrected chi connectivity index (χ2v) is 22.0. The van der Waals surface area contributed by atoms with Crippen molar-refractivity contribution in [3.8, 4) is 0 Å². The van der Waals surface area contributed by atoms with Crippen LogP contribution in [-0.4, -0.2) is 97.5 Å². The maximum absolute atomic E-state index is 13.0. The highest BCUT2D eigenvalue weighted by molar-refractivity contribution is 7.80. The van der Waals surface area contributed by atoms with E-state index in [9.17, 15) is 33.1 Å². The fourth-order valence-corrected chi connectivity index (χ4v) is 9.83. The van der Waals surface area contributed by atoms with Gasteiger partial charge in [-0.2, -0.15) is 8.42 Å². The van der Waals surface area contributed by atoms with E-state index in [1.54, 1.807) is 0 Å². The van der Waals surface area contributed by atoms with E-state index in [1.807, 2.05) is 0 Å². The Morgan fingerprint density at radius 3 is 1.28 bits per heavy atom. The van der Waals surface area contributed by atoms with Crippen molar-refractivity contribution in [3.05, 3.63) is 48.6 Å². The van der Waals surface area contributed by atoms with Crippen molar-refractivity contribution >= 4 is 16.4 Å². The van der Waals surface area contributed by atoms with Gasteiger partial charge in [0.2, 0.25) is 0 Å². The molecule has 0 aromatic rings. The van der Waals surface area contributed by atoms with Crippen LogP contribution in [0.1, 0.15) is 271 Å². The molecule has 6 atom stereocenters. The predicted molar refractivity (Wildman–Crippen MR) is 303 cm³/mol. The van der Waals surface area contributed by atoms with Crippen LogP contribution in [0.5, 0.6) is 0 Å². The van der Waals surface area contributed by atoms with Crippen molar-refractivity contribution in [1.29, 1.82) is 0 Å². The molecule has 434 valence electrons. The molecule has 13 heteroatoms. The minimum Gasteiger partial charge on any atom is -0.457 e. The van der Waals surface area contributed by atoms with E-state index in [4.69, 9.17) is 18.9 Å². The zero-order valence-electron chi connectivity index (χ0n) is 47.2. The molecule has 1 saturated heterocycles. The van der Waals surface area contributed by atoms with Gasteiger partial charge in [-0.25, -0.2) is 4.18 Å². The zero-order valence-corrected chi connectivity index (χ0v) is 48.0. The summed E-state index contributed by atoms with van der Waals surface area (Å²) in [6.45, 7) is 4.01. The van der Waals surface area contributed by atoms with Crippen molar-refractivity contribution in [1.82, 2.24) is 0 Å². The summed E-state index contributed by atoms with van der Waals surface area (Å²) in [5.74, 6) is -0.400. The Bertz CT molecular complexity index is 1470. The summed E-state index contributed by atoms with van der Waals surface area (Å²) < 4.78 is 59.5. The first kappa shape index (κ1) is 70.1. The molecule has 6 unspecified atom stereocenters. The number of carbonyl (C=O) groups excluding carboxylic acids is 1. The molecule has 0 radical (unpaired) electrons. The second-order valence-electron chi connectivity index (χ2n) is 20.9. The van der Waals surface area contributed by atoms with E-state index in [2.05, 4.69) is 66.6 Å². The third-order valence-corrected chi connectivity index (χ3v) is 14.4. The van der Waals surface area contributed by atoms with Crippen molar-refractivity contribution < 1.29 is 56.2 Å². The molecule has 0 amide bonds. The number of hydrogen-bond donors (Lipinski definition) is 4. The summed E-state index contributed by atoms with van der Waals surface area (Å²) >= 11 is 0. The minimum atomic E-state index is -5.07. The van der Waals surface area contributed by atoms with Crippen LogP contribution >= 0.6 is 0 Å². The highest BCUT2D eigenvalue weighted by Gasteiger charge is 2.48. The van der Waals surface area contributed by atoms with Crippen LogP contribution < -0.4 is 0 Å². The third kappa shape index (κ3) is 44.1. The number of hydrogen-bond acceptors (Lipinski definition) is 11. The zero-order chi connectivity index (χ0) is 53.8. The highest BCUT2D eigenvalue weighted by atomic mass is 32.3. The number of ether oxygens (including phenoxy) is 4. The van der Waals surface area contributed by atoms with Crippen LogP contribution in [0, 0.1) is 0 Å². The number of aliphatic hydroxyl groups is 3. The fourth-order valence-electron chi connectivity index (χ4n) is 9.32. The maximum Gasteiger partial charge on any atom is 0.397 e. The second kappa shape index (κ2) is 51.8. The number of carbonyl (C=O) groups is 1. The molecule has 12 nitrogen and oxygen atoms in total. The molecule has 0 saturated carbocycles. The quantitative estimate of drug-likeness (QED) is 0.0196. The fraction of sp³-hybridized carbons (Fsp3) is 0.852. The van der Waals surface area contributed by atoms with E-state index in [0.717, 1.165) is 57.8 Å². The maximum atomic E-state index is 13.0. The summed E-state index contributed by atoms with van der Waals surface area (Å²) in [5.41, 5.74) is 0. The molecule has 0 aromatic heterocycles. The summed E-state index contributed by atoms with van der Waals surface area (Å²) in [4.78, 5) is 13.0. The van der Waals surface area contributed by atoms with Gasteiger partial charge < -0.3 is 34.3 Å². The lowest BCUT2D eigenvalue weighted by atomic mass is 9.99. The Morgan fingerprint density at radius 1 is 0.514 bits per heavy atom. The lowest BCUT2D eigenvalue weighted by Gasteiger charge is -2.41. The summed E-state index contributed by atoms with van der Waals surface area (Å²) in [5, 5.41) is 30.9. The average molecular weight is 1070 g/mol. The Balaban J connectivity index is 2.27. The van der Waals surface area contributed by atoms with Crippen molar-refractivity contribution in [3.63, 3.8) is 0 Å². The van der Waals surface area contributed by atoms with Gasteiger partial charge in [-0.05, 0) is 77.0 Å². The molecule has 1 aliphatic heterocycles. The molecular formula is C61H112O12S. The lowest BCUT2D eigenvalue weighted by molar-refractivity contribution is -0.301. The molecule has 0 aromatic carbocycles. The van der Waals surface area contributed by atoms with Gasteiger partial charge in [-0.3, -0.25) is 9.35 Å². The number of aliphatic hydroxyl groups excluding tert-OH is 3. The molecule has 1 fully saturated rings. The first-order valence-electron chi connectivity index (χ1n) is 30.4. The first-order chi connectivity index (χ1) is 36.1. The first-order valence-corrected chi connectivity index (χ1v) is 31.8. The lowest BCUT2D eigenvalue weighted by Crippen LogP contribution is -2.60. The van der Waals surface area contributed by atoms with E-state index in [0.29, 0.717) is 13.0 Å². The largest absolute Gasteiger partial charge is 0.457 e. The van der Waals surface area contributed by atoms with Gasteiger partial charge in [0, 0.05) is 13.0 Å². The number of unbranched alkanes of at least 4 members (excludes halogenated alkanes) is 33. The molecular weight excluding hydrogens is 957 g/mol. The molecule has 1 rings (SSSR count). The van der Waals surface area contributed by atoms with Gasteiger partial charge in [0.25, 0.3) is 0 Å². The third-order valence-electron chi connectivity index (χ3n) is 13.9. The highest BCUT2D eigenvalue weighted by Crippen LogP contribution is 2.26. The molecule has 1 heterocycles. The van der Waals surface area contributed by atoms with Crippen LogP contribution in [0.2, 0.25) is 0 Å². The van der Waals surface area contributed by atoms with Gasteiger partial charge in [-0.1, -0.05) is 236 Å². The standard InChI is InChI=1S/C61H112O12S/c1-3-5-7-9-11-13-15-17-19-21-23-25-26-27-28-29-31-33-35-37-39-41-43-45-47-49-51-69-53-55(54-70-61-59(65)60(73-74(66,67)68)58(64)56(52-62)72-61)71-57(63)50-48-46-44-42-40-38-36-34-32-30-24-22-20-18-16-14-12-10-8-6-4-2/h15-18,21-24,55-56,58-62,64-65H,3-14,19-20,25-54H2,1-2H3,(H,66,67,68)/b17-15-,18-16-,23-21-,24-22-. The Kier molecular flexibility index (Phi) is 49.0. The summed E-state index contributed by atoms with van der Waals surface area (Å²) in [7, 11) is -5.07. The van der Waals surface area contributed by atoms with Crippen LogP contribution in [-0.2, 0) is 38.3 Å². The van der Waals surface area contributed by atoms with Crippen molar-refractivity contribution in [2.24, 2.45) is 0 Å². The van der Waals surface area contributed by atoms with E-state index in [1.165, 1.54) is 186 Å². The van der Waals surface area contributed by atoms with Crippen molar-refractivity contribution in [2.75, 3.05) is 26.4 Å². The summed E-state index contributed by atoms with van der Waals surface area (Å²) in [6.07, 6.45) is 57.2. The number of allylic oxidation sites excluding steroid dienone is 8. The van der Waals surface area contributed by atoms with Crippen LogP contribution in [0.25, 0.3) is 0 Å². The smallest absolute Gasteiger partial charge is 0.397 e. The van der Waals surface area contributed by atoms with E-state index >= 15 is 0 Å². The summed E-state index contributed by atoms with van der Waals surface area (Å²) in [6, 6.07) is 0.